The number of aryl methyl sites for hydroxylation is 2. The van der Waals surface area contributed by atoms with E-state index in [-0.39, 0.29) is 17.1 Å². The molecule has 0 saturated carbocycles. The van der Waals surface area contributed by atoms with Crippen molar-refractivity contribution in [1.29, 1.82) is 0 Å². The van der Waals surface area contributed by atoms with E-state index in [0.717, 1.165) is 68.4 Å². The number of piperidine rings is 1. The van der Waals surface area contributed by atoms with Crippen molar-refractivity contribution in [1.82, 2.24) is 20.1 Å². The molecule has 3 aliphatic rings. The zero-order valence-electron chi connectivity index (χ0n) is 15.2. The monoisotopic (exact) mass is 352 g/mol. The van der Waals surface area contributed by atoms with Crippen molar-refractivity contribution in [2.24, 2.45) is 0 Å². The van der Waals surface area contributed by atoms with Gasteiger partial charge in [-0.05, 0) is 56.6 Å². The van der Waals surface area contributed by atoms with Gasteiger partial charge >= 0.3 is 0 Å². The van der Waals surface area contributed by atoms with Crippen molar-refractivity contribution in [3.8, 4) is 0 Å². The van der Waals surface area contributed by atoms with E-state index in [1.165, 1.54) is 11.3 Å². The lowest BCUT2D eigenvalue weighted by molar-refractivity contribution is 0.0626. The lowest BCUT2D eigenvalue weighted by Crippen LogP contribution is -2.48. The summed E-state index contributed by atoms with van der Waals surface area (Å²) in [5.41, 5.74) is 5.72. The van der Waals surface area contributed by atoms with Gasteiger partial charge in [0.1, 0.15) is 5.69 Å². The number of fused-ring (bicyclic) bond motifs is 3. The summed E-state index contributed by atoms with van der Waals surface area (Å²) in [6.45, 7) is 3.42. The second-order valence-corrected chi connectivity index (χ2v) is 8.14. The number of ketones is 1. The van der Waals surface area contributed by atoms with Crippen LogP contribution in [0.3, 0.4) is 0 Å². The normalized spacial score (nSPS) is 24.8. The van der Waals surface area contributed by atoms with Crippen LogP contribution < -0.4 is 0 Å². The number of carbonyl (C=O) groups excluding carboxylic acids is 2. The van der Waals surface area contributed by atoms with Crippen molar-refractivity contribution in [2.45, 2.75) is 57.3 Å². The van der Waals surface area contributed by atoms with E-state index in [1.54, 1.807) is 0 Å². The molecule has 5 rings (SSSR count). The van der Waals surface area contributed by atoms with Gasteiger partial charge in [-0.15, -0.1) is 0 Å². The molecule has 1 aliphatic heterocycles. The van der Waals surface area contributed by atoms with Gasteiger partial charge in [-0.1, -0.05) is 0 Å². The van der Waals surface area contributed by atoms with E-state index in [9.17, 15) is 9.59 Å². The molecule has 1 unspecified atom stereocenters. The molecule has 1 atom stereocenters. The summed E-state index contributed by atoms with van der Waals surface area (Å²) >= 11 is 0. The number of hydrogen-bond donors (Lipinski definition) is 2. The van der Waals surface area contributed by atoms with E-state index in [0.29, 0.717) is 12.1 Å². The van der Waals surface area contributed by atoms with Crippen LogP contribution in [0.1, 0.15) is 75.5 Å². The average Bonchev–Trinajstić information content (AvgIpc) is 3.32. The molecule has 3 heterocycles. The Hall–Kier alpha value is -2.37. The fourth-order valence-corrected chi connectivity index (χ4v) is 5.32. The maximum absolute atomic E-state index is 13.3. The van der Waals surface area contributed by atoms with Crippen molar-refractivity contribution < 1.29 is 9.59 Å². The Balaban J connectivity index is 1.46. The van der Waals surface area contributed by atoms with E-state index < -0.39 is 0 Å². The third-order valence-electron chi connectivity index (χ3n) is 6.64. The van der Waals surface area contributed by atoms with Crippen molar-refractivity contribution in [3.63, 3.8) is 0 Å². The lowest BCUT2D eigenvalue weighted by Gasteiger charge is -2.40. The standard InChI is InChI=1S/C20H24N4O2/c1-12-16-14(4-2-5-15(16)25)22-17(12)19(26)24-9-3-7-20(11-24)8-6-13-10-21-23-18(13)20/h10,22H,2-9,11H2,1H3,(H,21,23). The fraction of sp³-hybridized carbons (Fsp3) is 0.550. The minimum absolute atomic E-state index is 0.0235. The maximum atomic E-state index is 13.3. The van der Waals surface area contributed by atoms with Gasteiger partial charge in [-0.25, -0.2) is 0 Å². The molecule has 2 aliphatic carbocycles. The summed E-state index contributed by atoms with van der Waals surface area (Å²) in [6.07, 6.45) is 8.48. The number of aromatic nitrogens is 3. The number of H-pyrrole nitrogens is 2. The van der Waals surface area contributed by atoms with Gasteiger partial charge in [-0.3, -0.25) is 14.7 Å². The number of nitrogens with one attached hydrogen (secondary N) is 2. The zero-order valence-corrected chi connectivity index (χ0v) is 15.2. The molecule has 2 N–H and O–H groups in total. The first-order chi connectivity index (χ1) is 12.6. The van der Waals surface area contributed by atoms with Gasteiger partial charge in [0.15, 0.2) is 5.78 Å². The third-order valence-corrected chi connectivity index (χ3v) is 6.64. The SMILES string of the molecule is Cc1c(C(=O)N2CCCC3(CCc4cn[nH]c43)C2)[nH]c2c1C(=O)CCC2. The number of carbonyl (C=O) groups is 2. The second kappa shape index (κ2) is 5.56. The van der Waals surface area contributed by atoms with Crippen molar-refractivity contribution in [3.05, 3.63) is 40.0 Å². The number of rotatable bonds is 1. The molecule has 6 heteroatoms. The fourth-order valence-electron chi connectivity index (χ4n) is 5.32. The highest BCUT2D eigenvalue weighted by atomic mass is 16.2. The van der Waals surface area contributed by atoms with Gasteiger partial charge < -0.3 is 9.88 Å². The van der Waals surface area contributed by atoms with E-state index in [1.807, 2.05) is 18.0 Å². The Kier molecular flexibility index (Phi) is 3.39. The molecule has 1 amide bonds. The summed E-state index contributed by atoms with van der Waals surface area (Å²) < 4.78 is 0. The van der Waals surface area contributed by atoms with Crippen molar-refractivity contribution >= 4 is 11.7 Å². The molecule has 0 bridgehead atoms. The maximum Gasteiger partial charge on any atom is 0.270 e. The Labute approximate surface area is 152 Å². The molecule has 0 radical (unpaired) electrons. The van der Waals surface area contributed by atoms with Crippen LogP contribution >= 0.6 is 0 Å². The van der Waals surface area contributed by atoms with Crippen LogP contribution in [0.2, 0.25) is 0 Å². The molecule has 1 saturated heterocycles. The highest BCUT2D eigenvalue weighted by Crippen LogP contribution is 2.44. The summed E-state index contributed by atoms with van der Waals surface area (Å²) in [5, 5.41) is 7.41. The lowest BCUT2D eigenvalue weighted by atomic mass is 9.77. The highest BCUT2D eigenvalue weighted by Gasteiger charge is 2.45. The van der Waals surface area contributed by atoms with Gasteiger partial charge in [0.2, 0.25) is 0 Å². The number of hydrogen-bond acceptors (Lipinski definition) is 3. The summed E-state index contributed by atoms with van der Waals surface area (Å²) in [4.78, 5) is 30.8. The highest BCUT2D eigenvalue weighted by molar-refractivity contribution is 6.04. The molecular formula is C20H24N4O2. The Bertz CT molecular complexity index is 909. The van der Waals surface area contributed by atoms with Gasteiger partial charge in [-0.2, -0.15) is 5.10 Å². The first-order valence-electron chi connectivity index (χ1n) is 9.66. The first-order valence-corrected chi connectivity index (χ1v) is 9.66. The Morgan fingerprint density at radius 3 is 2.96 bits per heavy atom. The first kappa shape index (κ1) is 15.9. The molecule has 6 nitrogen and oxygen atoms in total. The van der Waals surface area contributed by atoms with Gasteiger partial charge in [0, 0.05) is 41.9 Å². The molecule has 136 valence electrons. The number of nitrogens with zero attached hydrogens (tertiary/aromatic N) is 2. The van der Waals surface area contributed by atoms with E-state index >= 15 is 0 Å². The minimum Gasteiger partial charge on any atom is -0.354 e. The molecule has 0 aromatic carbocycles. The predicted octanol–water partition coefficient (Wildman–Crippen LogP) is 2.69. The number of likely N-dealkylation sites (tertiary alicyclic amines) is 1. The molecule has 1 spiro atoms. The summed E-state index contributed by atoms with van der Waals surface area (Å²) in [5.74, 6) is 0.212. The minimum atomic E-state index is 0.0235. The van der Waals surface area contributed by atoms with E-state index in [4.69, 9.17) is 0 Å². The molecule has 1 fully saturated rings. The third kappa shape index (κ3) is 2.14. The van der Waals surface area contributed by atoms with Crippen LogP contribution in [0, 0.1) is 6.92 Å². The molecule has 26 heavy (non-hydrogen) atoms. The zero-order chi connectivity index (χ0) is 17.9. The largest absolute Gasteiger partial charge is 0.354 e. The van der Waals surface area contributed by atoms with Crippen LogP contribution in [0.25, 0.3) is 0 Å². The van der Waals surface area contributed by atoms with Crippen LogP contribution in [-0.4, -0.2) is 44.9 Å². The average molecular weight is 352 g/mol. The summed E-state index contributed by atoms with van der Waals surface area (Å²) in [6, 6.07) is 0. The van der Waals surface area contributed by atoms with E-state index in [2.05, 4.69) is 15.2 Å². The Morgan fingerprint density at radius 1 is 1.23 bits per heavy atom. The quantitative estimate of drug-likeness (QED) is 0.828. The van der Waals surface area contributed by atoms with Gasteiger partial charge in [0.25, 0.3) is 5.91 Å². The van der Waals surface area contributed by atoms with Crippen LogP contribution in [0.4, 0.5) is 0 Å². The van der Waals surface area contributed by atoms with Crippen LogP contribution in [-0.2, 0) is 18.3 Å². The molecule has 2 aromatic heterocycles. The predicted molar refractivity (Wildman–Crippen MR) is 96.5 cm³/mol. The van der Waals surface area contributed by atoms with Gasteiger partial charge in [0.05, 0.1) is 6.20 Å². The van der Waals surface area contributed by atoms with Crippen LogP contribution in [0.5, 0.6) is 0 Å². The van der Waals surface area contributed by atoms with Crippen LogP contribution in [0.15, 0.2) is 6.20 Å². The molecule has 2 aromatic rings. The molecular weight excluding hydrogens is 328 g/mol. The number of amides is 1. The van der Waals surface area contributed by atoms with Crippen molar-refractivity contribution in [2.75, 3.05) is 13.1 Å². The smallest absolute Gasteiger partial charge is 0.270 e. The topological polar surface area (TPSA) is 81.8 Å². The number of Topliss-reactive ketones (excluding diaryl/α,β-unsaturated/α-hetero) is 1. The second-order valence-electron chi connectivity index (χ2n) is 8.14. The Morgan fingerprint density at radius 2 is 2.12 bits per heavy atom. The number of aromatic amines is 2. The summed E-state index contributed by atoms with van der Waals surface area (Å²) in [7, 11) is 0.